The van der Waals surface area contributed by atoms with E-state index in [1.54, 1.807) is 6.07 Å². The molecule has 3 aliphatic carbocycles. The number of benzene rings is 1. The highest BCUT2D eigenvalue weighted by molar-refractivity contribution is 5.88. The third-order valence-electron chi connectivity index (χ3n) is 7.32. The van der Waals surface area contributed by atoms with Gasteiger partial charge in [-0.25, -0.2) is 4.79 Å². The minimum atomic E-state index is -0.851. The zero-order chi connectivity index (χ0) is 17.1. The second kappa shape index (κ2) is 5.33. The van der Waals surface area contributed by atoms with Crippen molar-refractivity contribution in [3.05, 3.63) is 34.9 Å². The van der Waals surface area contributed by atoms with Crippen molar-refractivity contribution in [2.24, 2.45) is 28.9 Å². The third kappa shape index (κ3) is 2.11. The zero-order valence-corrected chi connectivity index (χ0v) is 14.1. The number of aromatic carboxylic acids is 1. The molecule has 0 saturated heterocycles. The summed E-state index contributed by atoms with van der Waals surface area (Å²) in [7, 11) is 0. The van der Waals surface area contributed by atoms with Gasteiger partial charge in [0.1, 0.15) is 0 Å². The molecule has 4 rings (SSSR count). The quantitative estimate of drug-likeness (QED) is 0.874. The number of fused-ring (bicyclic) bond motifs is 5. The molecule has 0 heterocycles. The number of carbonyl (C=O) groups is 2. The van der Waals surface area contributed by atoms with Crippen LogP contribution < -0.4 is 5.73 Å². The van der Waals surface area contributed by atoms with Crippen molar-refractivity contribution in [3.8, 4) is 0 Å². The summed E-state index contributed by atoms with van der Waals surface area (Å²) in [5.41, 5.74) is 8.70. The first-order valence-corrected chi connectivity index (χ1v) is 9.07. The molecule has 0 bridgehead atoms. The Morgan fingerprint density at radius 3 is 2.71 bits per heavy atom. The standard InChI is InChI=1S/C20H25NO3/c1-20-9-8-14-13-4-3-12(19(23)24)10-11(13)2-5-15(14)16(20)6-7-17(20)18(21)22/h3-4,10,14-17H,2,5-9H2,1H3,(H2,21,22)(H,23,24)/t14-,15-,16+,17-,20+/m1/s1. The molecule has 0 aliphatic heterocycles. The number of carboxylic acid groups (broad SMARTS) is 1. The van der Waals surface area contributed by atoms with E-state index in [0.717, 1.165) is 38.5 Å². The molecule has 0 unspecified atom stereocenters. The number of nitrogens with two attached hydrogens (primary N) is 1. The summed E-state index contributed by atoms with van der Waals surface area (Å²) in [6.45, 7) is 2.28. The monoisotopic (exact) mass is 327 g/mol. The van der Waals surface area contributed by atoms with Crippen molar-refractivity contribution in [2.75, 3.05) is 0 Å². The van der Waals surface area contributed by atoms with E-state index in [9.17, 15) is 14.7 Å². The molecule has 4 nitrogen and oxygen atoms in total. The van der Waals surface area contributed by atoms with Crippen LogP contribution in [0.5, 0.6) is 0 Å². The molecule has 128 valence electrons. The molecular formula is C20H25NO3. The van der Waals surface area contributed by atoms with E-state index in [4.69, 9.17) is 5.73 Å². The summed E-state index contributed by atoms with van der Waals surface area (Å²) in [5.74, 6) is 0.745. The Labute approximate surface area is 142 Å². The highest BCUT2D eigenvalue weighted by Crippen LogP contribution is 2.62. The van der Waals surface area contributed by atoms with Crippen molar-refractivity contribution in [3.63, 3.8) is 0 Å². The molecule has 1 amide bonds. The topological polar surface area (TPSA) is 80.4 Å². The van der Waals surface area contributed by atoms with Crippen LogP contribution >= 0.6 is 0 Å². The zero-order valence-electron chi connectivity index (χ0n) is 14.1. The first-order valence-electron chi connectivity index (χ1n) is 9.07. The van der Waals surface area contributed by atoms with Crippen molar-refractivity contribution < 1.29 is 14.7 Å². The lowest BCUT2D eigenvalue weighted by molar-refractivity contribution is -0.126. The smallest absolute Gasteiger partial charge is 0.335 e. The minimum absolute atomic E-state index is 0.0271. The fraction of sp³-hybridized carbons (Fsp3) is 0.600. The van der Waals surface area contributed by atoms with Crippen molar-refractivity contribution in [1.29, 1.82) is 0 Å². The van der Waals surface area contributed by atoms with Crippen LogP contribution in [0.3, 0.4) is 0 Å². The summed E-state index contributed by atoms with van der Waals surface area (Å²) < 4.78 is 0. The summed E-state index contributed by atoms with van der Waals surface area (Å²) >= 11 is 0. The fourth-order valence-corrected chi connectivity index (χ4v) is 6.18. The van der Waals surface area contributed by atoms with Gasteiger partial charge in [-0.15, -0.1) is 0 Å². The van der Waals surface area contributed by atoms with Crippen LogP contribution in [0.25, 0.3) is 0 Å². The molecule has 0 aromatic heterocycles. The van der Waals surface area contributed by atoms with Gasteiger partial charge in [-0.1, -0.05) is 13.0 Å². The molecule has 4 heteroatoms. The van der Waals surface area contributed by atoms with Gasteiger partial charge in [-0.3, -0.25) is 4.79 Å². The molecule has 0 spiro atoms. The van der Waals surface area contributed by atoms with E-state index >= 15 is 0 Å². The summed E-state index contributed by atoms with van der Waals surface area (Å²) in [4.78, 5) is 23.1. The van der Waals surface area contributed by atoms with Gasteiger partial charge in [0.25, 0.3) is 0 Å². The van der Waals surface area contributed by atoms with E-state index in [1.807, 2.05) is 12.1 Å². The van der Waals surface area contributed by atoms with Crippen LogP contribution in [0.4, 0.5) is 0 Å². The van der Waals surface area contributed by atoms with Crippen LogP contribution in [-0.4, -0.2) is 17.0 Å². The van der Waals surface area contributed by atoms with Gasteiger partial charge < -0.3 is 10.8 Å². The Morgan fingerprint density at radius 1 is 1.21 bits per heavy atom. The Morgan fingerprint density at radius 2 is 2.00 bits per heavy atom. The number of aryl methyl sites for hydroxylation is 1. The Balaban J connectivity index is 1.67. The second-order valence-corrected chi connectivity index (χ2v) is 8.21. The van der Waals surface area contributed by atoms with Crippen LogP contribution in [0.15, 0.2) is 18.2 Å². The average molecular weight is 327 g/mol. The summed E-state index contributed by atoms with van der Waals surface area (Å²) in [5, 5.41) is 9.21. The maximum absolute atomic E-state index is 11.9. The second-order valence-electron chi connectivity index (χ2n) is 8.21. The highest BCUT2D eigenvalue weighted by Gasteiger charge is 2.56. The van der Waals surface area contributed by atoms with Crippen molar-refractivity contribution in [1.82, 2.24) is 0 Å². The predicted molar refractivity (Wildman–Crippen MR) is 90.7 cm³/mol. The molecule has 2 fully saturated rings. The first-order chi connectivity index (χ1) is 11.4. The third-order valence-corrected chi connectivity index (χ3v) is 7.32. The molecule has 1 aromatic carbocycles. The number of hydrogen-bond donors (Lipinski definition) is 2. The van der Waals surface area contributed by atoms with E-state index in [2.05, 4.69) is 6.92 Å². The highest BCUT2D eigenvalue weighted by atomic mass is 16.4. The van der Waals surface area contributed by atoms with Gasteiger partial charge in [0.2, 0.25) is 5.91 Å². The van der Waals surface area contributed by atoms with Crippen LogP contribution in [0.2, 0.25) is 0 Å². The summed E-state index contributed by atoms with van der Waals surface area (Å²) in [6.07, 6.45) is 6.23. The number of carboxylic acids is 1. The van der Waals surface area contributed by atoms with Gasteiger partial charge in [0.05, 0.1) is 5.56 Å². The lowest BCUT2D eigenvalue weighted by atomic mass is 9.54. The lowest BCUT2D eigenvalue weighted by Crippen LogP contribution is -2.45. The number of rotatable bonds is 2. The maximum Gasteiger partial charge on any atom is 0.335 e. The Bertz CT molecular complexity index is 713. The largest absolute Gasteiger partial charge is 0.478 e. The number of hydrogen-bond acceptors (Lipinski definition) is 2. The maximum atomic E-state index is 11.9. The fourth-order valence-electron chi connectivity index (χ4n) is 6.18. The molecule has 5 atom stereocenters. The molecule has 0 radical (unpaired) electrons. The summed E-state index contributed by atoms with van der Waals surface area (Å²) in [6, 6.07) is 5.65. The molecule has 1 aromatic rings. The van der Waals surface area contributed by atoms with Gasteiger partial charge in [0, 0.05) is 5.92 Å². The number of amides is 1. The Hall–Kier alpha value is -1.84. The first kappa shape index (κ1) is 15.7. The van der Waals surface area contributed by atoms with Crippen molar-refractivity contribution in [2.45, 2.75) is 51.4 Å². The number of primary amides is 1. The van der Waals surface area contributed by atoms with E-state index in [1.165, 1.54) is 11.1 Å². The lowest BCUT2D eigenvalue weighted by Gasteiger charge is -2.50. The molecular weight excluding hydrogens is 302 g/mol. The molecule has 3 aliphatic rings. The van der Waals surface area contributed by atoms with Crippen LogP contribution in [0.1, 0.15) is 66.4 Å². The minimum Gasteiger partial charge on any atom is -0.478 e. The predicted octanol–water partition coefficient (Wildman–Crippen LogP) is 3.34. The SMILES string of the molecule is C[C@]12CC[C@@H]3c4ccc(C(=O)O)cc4CC[C@H]3[C@@H]1CC[C@@H]2C(N)=O. The Kier molecular flexibility index (Phi) is 3.48. The molecule has 24 heavy (non-hydrogen) atoms. The van der Waals surface area contributed by atoms with Crippen molar-refractivity contribution >= 4 is 11.9 Å². The normalized spacial score (nSPS) is 37.2. The van der Waals surface area contributed by atoms with E-state index in [0.29, 0.717) is 23.3 Å². The molecule has 2 saturated carbocycles. The van der Waals surface area contributed by atoms with E-state index in [-0.39, 0.29) is 17.2 Å². The number of carbonyl (C=O) groups excluding carboxylic acids is 1. The van der Waals surface area contributed by atoms with Gasteiger partial charge >= 0.3 is 5.97 Å². The average Bonchev–Trinajstić information content (AvgIpc) is 2.91. The van der Waals surface area contributed by atoms with Gasteiger partial charge in [-0.2, -0.15) is 0 Å². The van der Waals surface area contributed by atoms with Gasteiger partial charge in [-0.05, 0) is 85.0 Å². The molecule has 3 N–H and O–H groups in total. The van der Waals surface area contributed by atoms with Gasteiger partial charge in [0.15, 0.2) is 0 Å². The van der Waals surface area contributed by atoms with E-state index < -0.39 is 5.97 Å². The van der Waals surface area contributed by atoms with Crippen LogP contribution in [-0.2, 0) is 11.2 Å². The van der Waals surface area contributed by atoms with Crippen LogP contribution in [0, 0.1) is 23.2 Å².